The van der Waals surface area contributed by atoms with Crippen LogP contribution in [0, 0.1) is 0 Å². The van der Waals surface area contributed by atoms with Gasteiger partial charge in [-0.2, -0.15) is 0 Å². The Hall–Kier alpha value is -2.44. The molecule has 0 aliphatic carbocycles. The summed E-state index contributed by atoms with van der Waals surface area (Å²) in [4.78, 5) is 23.0. The predicted molar refractivity (Wildman–Crippen MR) is 90.5 cm³/mol. The molecule has 8 heteroatoms. The zero-order valence-corrected chi connectivity index (χ0v) is 14.0. The molecule has 126 valence electrons. The largest absolute Gasteiger partial charge is 0.497 e. The van der Waals surface area contributed by atoms with Crippen LogP contribution in [0.5, 0.6) is 11.5 Å². The Kier molecular flexibility index (Phi) is 5.89. The van der Waals surface area contributed by atoms with Crippen molar-refractivity contribution in [3.63, 3.8) is 0 Å². The quantitative estimate of drug-likeness (QED) is 0.810. The van der Waals surface area contributed by atoms with Crippen molar-refractivity contribution in [2.45, 2.75) is 0 Å². The van der Waals surface area contributed by atoms with Crippen LogP contribution in [0.4, 0.5) is 5.69 Å². The minimum Gasteiger partial charge on any atom is -0.497 e. The second-order valence-electron chi connectivity index (χ2n) is 4.63. The topological polar surface area (TPSA) is 84.9 Å². The van der Waals surface area contributed by atoms with Crippen LogP contribution in [0.3, 0.4) is 0 Å². The van der Waals surface area contributed by atoms with Crippen molar-refractivity contribution in [1.82, 2.24) is 0 Å². The lowest BCUT2D eigenvalue weighted by Crippen LogP contribution is -2.15. The molecule has 2 N–H and O–H groups in total. The van der Waals surface area contributed by atoms with E-state index in [1.807, 2.05) is 0 Å². The van der Waals surface area contributed by atoms with Crippen LogP contribution in [0.15, 0.2) is 36.4 Å². The molecule has 1 amide bonds. The Morgan fingerprint density at radius 1 is 1.12 bits per heavy atom. The first-order chi connectivity index (χ1) is 11.4. The molecule has 0 aromatic heterocycles. The molecule has 0 unspecified atom stereocenters. The maximum absolute atomic E-state index is 12.3. The smallest absolute Gasteiger partial charge is 0.341 e. The van der Waals surface area contributed by atoms with Crippen LogP contribution in [-0.4, -0.2) is 30.7 Å². The molecule has 0 atom stereocenters. The summed E-state index contributed by atoms with van der Waals surface area (Å²) in [5.41, 5.74) is 0.558. The number of anilines is 1. The SMILES string of the molecule is COc1ccc(OCC(=O)O)c(NC(=O)c2ccc(Cl)c(Cl)c2)c1. The molecule has 0 saturated carbocycles. The van der Waals surface area contributed by atoms with Gasteiger partial charge < -0.3 is 19.9 Å². The fraction of sp³-hybridized carbons (Fsp3) is 0.125. The standard InChI is InChI=1S/C16H13Cl2NO5/c1-23-10-3-5-14(24-8-15(20)21)13(7-10)19-16(22)9-2-4-11(17)12(18)6-9/h2-7H,8H2,1H3,(H,19,22)(H,20,21). The van der Waals surface area contributed by atoms with Crippen molar-refractivity contribution in [3.8, 4) is 11.5 Å². The molecule has 6 nitrogen and oxygen atoms in total. The third kappa shape index (κ3) is 4.53. The van der Waals surface area contributed by atoms with Gasteiger partial charge in [-0.3, -0.25) is 4.79 Å². The number of aliphatic carboxylic acids is 1. The summed E-state index contributed by atoms with van der Waals surface area (Å²) >= 11 is 11.7. The number of carboxylic acid groups (broad SMARTS) is 1. The van der Waals surface area contributed by atoms with E-state index in [4.69, 9.17) is 37.8 Å². The molecule has 0 heterocycles. The summed E-state index contributed by atoms with van der Waals surface area (Å²) in [7, 11) is 1.47. The number of hydrogen-bond acceptors (Lipinski definition) is 4. The van der Waals surface area contributed by atoms with Crippen LogP contribution in [-0.2, 0) is 4.79 Å². The molecular weight excluding hydrogens is 357 g/mol. The number of carbonyl (C=O) groups excluding carboxylic acids is 1. The van der Waals surface area contributed by atoms with Gasteiger partial charge >= 0.3 is 5.97 Å². The van der Waals surface area contributed by atoms with Gasteiger partial charge in [-0.1, -0.05) is 23.2 Å². The zero-order valence-electron chi connectivity index (χ0n) is 12.5. The van der Waals surface area contributed by atoms with Crippen molar-refractivity contribution >= 4 is 40.8 Å². The molecule has 0 saturated heterocycles. The highest BCUT2D eigenvalue weighted by Gasteiger charge is 2.13. The van der Waals surface area contributed by atoms with Crippen LogP contribution >= 0.6 is 23.2 Å². The van der Waals surface area contributed by atoms with Gasteiger partial charge in [-0.15, -0.1) is 0 Å². The van der Waals surface area contributed by atoms with E-state index in [-0.39, 0.29) is 22.0 Å². The molecule has 24 heavy (non-hydrogen) atoms. The van der Waals surface area contributed by atoms with Gasteiger partial charge in [0.25, 0.3) is 5.91 Å². The zero-order chi connectivity index (χ0) is 17.7. The van der Waals surface area contributed by atoms with E-state index in [0.29, 0.717) is 10.8 Å². The minimum atomic E-state index is -1.13. The second-order valence-corrected chi connectivity index (χ2v) is 5.44. The lowest BCUT2D eigenvalue weighted by molar-refractivity contribution is -0.139. The molecule has 0 radical (unpaired) electrons. The van der Waals surface area contributed by atoms with Crippen molar-refractivity contribution in [1.29, 1.82) is 0 Å². The fourth-order valence-corrected chi connectivity index (χ4v) is 2.13. The molecule has 0 aliphatic heterocycles. The third-order valence-corrected chi connectivity index (χ3v) is 3.71. The molecule has 2 rings (SSSR count). The average Bonchev–Trinajstić information content (AvgIpc) is 2.55. The fourth-order valence-electron chi connectivity index (χ4n) is 1.83. The lowest BCUT2D eigenvalue weighted by Gasteiger charge is -2.13. The predicted octanol–water partition coefficient (Wildman–Crippen LogP) is 3.72. The molecule has 2 aromatic carbocycles. The first kappa shape index (κ1) is 17.9. The maximum atomic E-state index is 12.3. The summed E-state index contributed by atoms with van der Waals surface area (Å²) in [6, 6.07) is 9.07. The number of amides is 1. The van der Waals surface area contributed by atoms with E-state index in [1.165, 1.54) is 37.4 Å². The first-order valence-corrected chi connectivity index (χ1v) is 7.45. The van der Waals surface area contributed by atoms with Gasteiger partial charge in [0.15, 0.2) is 6.61 Å². The summed E-state index contributed by atoms with van der Waals surface area (Å²) in [6.07, 6.45) is 0. The Balaban J connectivity index is 2.26. The summed E-state index contributed by atoms with van der Waals surface area (Å²) in [5, 5.41) is 11.9. The molecule has 0 aliphatic rings. The van der Waals surface area contributed by atoms with Crippen LogP contribution < -0.4 is 14.8 Å². The van der Waals surface area contributed by atoms with E-state index in [9.17, 15) is 9.59 Å². The number of carboxylic acids is 1. The number of halogens is 2. The van der Waals surface area contributed by atoms with E-state index in [1.54, 1.807) is 6.07 Å². The monoisotopic (exact) mass is 369 g/mol. The van der Waals surface area contributed by atoms with Crippen molar-refractivity contribution in [2.24, 2.45) is 0 Å². The number of methoxy groups -OCH3 is 1. The van der Waals surface area contributed by atoms with Gasteiger partial charge in [-0.25, -0.2) is 4.79 Å². The maximum Gasteiger partial charge on any atom is 0.341 e. The highest BCUT2D eigenvalue weighted by Crippen LogP contribution is 2.30. The Morgan fingerprint density at radius 2 is 1.88 bits per heavy atom. The van der Waals surface area contributed by atoms with E-state index in [0.717, 1.165) is 0 Å². The number of rotatable bonds is 6. The minimum absolute atomic E-state index is 0.201. The second kappa shape index (κ2) is 7.90. The summed E-state index contributed by atoms with van der Waals surface area (Å²) in [5.74, 6) is -0.914. The van der Waals surface area contributed by atoms with Gasteiger partial charge in [0.05, 0.1) is 22.8 Å². The molecule has 0 spiro atoms. The number of nitrogens with one attached hydrogen (secondary N) is 1. The first-order valence-electron chi connectivity index (χ1n) is 6.69. The third-order valence-electron chi connectivity index (χ3n) is 2.97. The highest BCUT2D eigenvalue weighted by atomic mass is 35.5. The van der Waals surface area contributed by atoms with Gasteiger partial charge in [0.2, 0.25) is 0 Å². The van der Waals surface area contributed by atoms with Gasteiger partial charge in [0.1, 0.15) is 11.5 Å². The molecule has 0 fully saturated rings. The number of carbonyl (C=O) groups is 2. The lowest BCUT2D eigenvalue weighted by atomic mass is 10.2. The number of ether oxygens (including phenoxy) is 2. The van der Waals surface area contributed by atoms with Crippen molar-refractivity contribution in [2.75, 3.05) is 19.0 Å². The summed E-state index contributed by atoms with van der Waals surface area (Å²) < 4.78 is 10.3. The van der Waals surface area contributed by atoms with Gasteiger partial charge in [0, 0.05) is 11.6 Å². The van der Waals surface area contributed by atoms with E-state index >= 15 is 0 Å². The van der Waals surface area contributed by atoms with E-state index in [2.05, 4.69) is 5.32 Å². The van der Waals surface area contributed by atoms with Crippen molar-refractivity contribution in [3.05, 3.63) is 52.0 Å². The number of benzene rings is 2. The van der Waals surface area contributed by atoms with Crippen LogP contribution in [0.1, 0.15) is 10.4 Å². The van der Waals surface area contributed by atoms with Crippen LogP contribution in [0.25, 0.3) is 0 Å². The Labute approximate surface area is 147 Å². The van der Waals surface area contributed by atoms with E-state index < -0.39 is 18.5 Å². The highest BCUT2D eigenvalue weighted by molar-refractivity contribution is 6.42. The molecule has 0 bridgehead atoms. The normalized spacial score (nSPS) is 10.1. The molecule has 2 aromatic rings. The molecular formula is C16H13Cl2NO5. The Bertz CT molecular complexity index is 779. The van der Waals surface area contributed by atoms with Crippen molar-refractivity contribution < 1.29 is 24.2 Å². The van der Waals surface area contributed by atoms with Crippen LogP contribution in [0.2, 0.25) is 10.0 Å². The average molecular weight is 370 g/mol. The van der Waals surface area contributed by atoms with Gasteiger partial charge in [-0.05, 0) is 30.3 Å². The number of hydrogen-bond donors (Lipinski definition) is 2. The summed E-state index contributed by atoms with van der Waals surface area (Å²) in [6.45, 7) is -0.540. The Morgan fingerprint density at radius 3 is 2.50 bits per heavy atom.